The van der Waals surface area contributed by atoms with E-state index in [1.165, 1.54) is 32.1 Å². The van der Waals surface area contributed by atoms with Crippen LogP contribution in [-0.4, -0.2) is 41.6 Å². The molecule has 1 aliphatic heterocycles. The molecule has 1 saturated carbocycles. The van der Waals surface area contributed by atoms with Crippen LogP contribution >= 0.6 is 0 Å². The zero-order valence-electron chi connectivity index (χ0n) is 12.4. The summed E-state index contributed by atoms with van der Waals surface area (Å²) in [4.78, 5) is 24.8. The van der Waals surface area contributed by atoms with Crippen molar-refractivity contribution in [3.05, 3.63) is 0 Å². The summed E-state index contributed by atoms with van der Waals surface area (Å²) in [5.74, 6) is -1.02. The fraction of sp³-hybridized carbons (Fsp3) is 0.867. The minimum atomic E-state index is -0.736. The monoisotopic (exact) mass is 282 g/mol. The van der Waals surface area contributed by atoms with Crippen molar-refractivity contribution in [2.45, 2.75) is 51.9 Å². The predicted molar refractivity (Wildman–Crippen MR) is 76.5 cm³/mol. The maximum atomic E-state index is 12.1. The lowest BCUT2D eigenvalue weighted by Crippen LogP contribution is -2.48. The number of carboxylic acids is 1. The molecule has 20 heavy (non-hydrogen) atoms. The molecule has 5 nitrogen and oxygen atoms in total. The van der Waals surface area contributed by atoms with E-state index in [0.717, 1.165) is 6.54 Å². The van der Waals surface area contributed by atoms with Crippen LogP contribution in [0, 0.1) is 11.3 Å². The third-order valence-electron chi connectivity index (χ3n) is 4.86. The Hall–Kier alpha value is -1.26. The summed E-state index contributed by atoms with van der Waals surface area (Å²) in [6, 6.07) is -0.0272. The first-order chi connectivity index (χ1) is 9.50. The molecule has 1 aliphatic carbocycles. The van der Waals surface area contributed by atoms with Crippen LogP contribution < -0.4 is 5.32 Å². The van der Waals surface area contributed by atoms with Gasteiger partial charge >= 0.3 is 12.0 Å². The quantitative estimate of drug-likeness (QED) is 0.835. The van der Waals surface area contributed by atoms with Crippen molar-refractivity contribution in [2.75, 3.05) is 19.6 Å². The van der Waals surface area contributed by atoms with E-state index in [9.17, 15) is 9.59 Å². The topological polar surface area (TPSA) is 69.6 Å². The Bertz CT molecular complexity index is 356. The molecule has 5 heteroatoms. The molecule has 2 aliphatic rings. The smallest absolute Gasteiger partial charge is 0.317 e. The first-order valence-corrected chi connectivity index (χ1v) is 7.76. The van der Waals surface area contributed by atoms with Gasteiger partial charge in [0, 0.05) is 19.6 Å². The molecular formula is C15H26N2O3. The maximum Gasteiger partial charge on any atom is 0.317 e. The van der Waals surface area contributed by atoms with Crippen molar-refractivity contribution in [2.24, 2.45) is 11.3 Å². The Morgan fingerprint density at radius 3 is 2.35 bits per heavy atom. The van der Waals surface area contributed by atoms with Gasteiger partial charge in [-0.25, -0.2) is 4.79 Å². The molecule has 1 saturated heterocycles. The van der Waals surface area contributed by atoms with Gasteiger partial charge in [0.15, 0.2) is 0 Å². The van der Waals surface area contributed by atoms with Crippen LogP contribution in [0.25, 0.3) is 0 Å². The number of aliphatic carboxylic acids is 1. The van der Waals surface area contributed by atoms with Crippen LogP contribution in [0.15, 0.2) is 0 Å². The van der Waals surface area contributed by atoms with E-state index in [1.807, 2.05) is 0 Å². The Kier molecular flexibility index (Phi) is 4.89. The van der Waals surface area contributed by atoms with Gasteiger partial charge in [0.2, 0.25) is 0 Å². The highest BCUT2D eigenvalue weighted by Crippen LogP contribution is 2.35. The molecule has 114 valence electrons. The standard InChI is InChI=1S/C15H26N2O3/c1-15(7-3-2-4-8-15)11-16-14(20)17-9-5-12(6-10-17)13(18)19/h12H,2-11H2,1H3,(H,16,20)(H,18,19). The number of urea groups is 1. The fourth-order valence-electron chi connectivity index (χ4n) is 3.31. The number of piperidine rings is 1. The molecule has 2 amide bonds. The zero-order chi connectivity index (χ0) is 14.6. The number of carbonyl (C=O) groups excluding carboxylic acids is 1. The van der Waals surface area contributed by atoms with Crippen molar-refractivity contribution in [1.82, 2.24) is 10.2 Å². The SMILES string of the molecule is CC1(CNC(=O)N2CCC(C(=O)O)CC2)CCCCC1. The maximum absolute atomic E-state index is 12.1. The predicted octanol–water partition coefficient (Wildman–Crippen LogP) is 2.46. The summed E-state index contributed by atoms with van der Waals surface area (Å²) in [5, 5.41) is 12.0. The number of nitrogens with zero attached hydrogens (tertiary/aromatic N) is 1. The van der Waals surface area contributed by atoms with Crippen molar-refractivity contribution in [3.63, 3.8) is 0 Å². The first kappa shape index (κ1) is 15.1. The molecule has 0 spiro atoms. The average molecular weight is 282 g/mol. The van der Waals surface area contributed by atoms with E-state index >= 15 is 0 Å². The van der Waals surface area contributed by atoms with Crippen LogP contribution in [0.3, 0.4) is 0 Å². The molecule has 2 rings (SSSR count). The largest absolute Gasteiger partial charge is 0.481 e. The molecule has 0 atom stereocenters. The van der Waals surface area contributed by atoms with Gasteiger partial charge in [-0.2, -0.15) is 0 Å². The molecule has 0 aromatic heterocycles. The van der Waals surface area contributed by atoms with Gasteiger partial charge in [-0.3, -0.25) is 4.79 Å². The summed E-state index contributed by atoms with van der Waals surface area (Å²) in [5.41, 5.74) is 0.243. The van der Waals surface area contributed by atoms with Crippen molar-refractivity contribution in [1.29, 1.82) is 0 Å². The molecule has 0 aromatic rings. The van der Waals surface area contributed by atoms with Crippen LogP contribution in [0.1, 0.15) is 51.9 Å². The van der Waals surface area contributed by atoms with E-state index in [-0.39, 0.29) is 17.4 Å². The molecule has 0 radical (unpaired) electrons. The molecule has 2 fully saturated rings. The Morgan fingerprint density at radius 1 is 1.20 bits per heavy atom. The summed E-state index contributed by atoms with van der Waals surface area (Å²) >= 11 is 0. The third-order valence-corrected chi connectivity index (χ3v) is 4.86. The van der Waals surface area contributed by atoms with E-state index < -0.39 is 5.97 Å². The van der Waals surface area contributed by atoms with Gasteiger partial charge < -0.3 is 15.3 Å². The second kappa shape index (κ2) is 6.46. The highest BCUT2D eigenvalue weighted by molar-refractivity contribution is 5.75. The number of hydrogen-bond donors (Lipinski definition) is 2. The molecule has 0 aromatic carbocycles. The second-order valence-electron chi connectivity index (χ2n) is 6.63. The van der Waals surface area contributed by atoms with Crippen LogP contribution in [0.4, 0.5) is 4.79 Å². The zero-order valence-corrected chi connectivity index (χ0v) is 12.4. The Labute approximate surface area is 120 Å². The molecule has 2 N–H and O–H groups in total. The lowest BCUT2D eigenvalue weighted by Gasteiger charge is -2.35. The number of likely N-dealkylation sites (tertiary alicyclic amines) is 1. The van der Waals surface area contributed by atoms with Crippen molar-refractivity contribution >= 4 is 12.0 Å². The van der Waals surface area contributed by atoms with Gasteiger partial charge in [0.1, 0.15) is 0 Å². The minimum Gasteiger partial charge on any atom is -0.481 e. The van der Waals surface area contributed by atoms with Gasteiger partial charge in [-0.1, -0.05) is 26.2 Å². The van der Waals surface area contributed by atoms with Crippen LogP contribution in [-0.2, 0) is 4.79 Å². The number of hydrogen-bond acceptors (Lipinski definition) is 2. The van der Waals surface area contributed by atoms with Gasteiger partial charge in [0.05, 0.1) is 5.92 Å². The van der Waals surface area contributed by atoms with Crippen LogP contribution in [0.2, 0.25) is 0 Å². The highest BCUT2D eigenvalue weighted by Gasteiger charge is 2.30. The molecule has 0 unspecified atom stereocenters. The first-order valence-electron chi connectivity index (χ1n) is 7.76. The Morgan fingerprint density at radius 2 is 1.80 bits per heavy atom. The summed E-state index contributed by atoms with van der Waals surface area (Å²) in [7, 11) is 0. The fourth-order valence-corrected chi connectivity index (χ4v) is 3.31. The number of carbonyl (C=O) groups is 2. The molecule has 1 heterocycles. The van der Waals surface area contributed by atoms with E-state index in [4.69, 9.17) is 5.11 Å². The molecule has 0 bridgehead atoms. The number of rotatable bonds is 3. The number of amides is 2. The summed E-state index contributed by atoms with van der Waals surface area (Å²) in [6.07, 6.45) is 7.35. The van der Waals surface area contributed by atoms with Crippen molar-refractivity contribution < 1.29 is 14.7 Å². The lowest BCUT2D eigenvalue weighted by atomic mass is 9.76. The van der Waals surface area contributed by atoms with Crippen molar-refractivity contribution in [3.8, 4) is 0 Å². The summed E-state index contributed by atoms with van der Waals surface area (Å²) in [6.45, 7) is 4.10. The highest BCUT2D eigenvalue weighted by atomic mass is 16.4. The van der Waals surface area contributed by atoms with E-state index in [2.05, 4.69) is 12.2 Å². The second-order valence-corrected chi connectivity index (χ2v) is 6.63. The summed E-state index contributed by atoms with van der Waals surface area (Å²) < 4.78 is 0. The lowest BCUT2D eigenvalue weighted by molar-refractivity contribution is -0.143. The number of nitrogens with one attached hydrogen (secondary N) is 1. The normalized spacial score (nSPS) is 23.4. The Balaban J connectivity index is 1.74. The van der Waals surface area contributed by atoms with Gasteiger partial charge in [-0.15, -0.1) is 0 Å². The van der Waals surface area contributed by atoms with Gasteiger partial charge in [-0.05, 0) is 31.1 Å². The average Bonchev–Trinajstić information content (AvgIpc) is 2.46. The van der Waals surface area contributed by atoms with E-state index in [0.29, 0.717) is 25.9 Å². The molecular weight excluding hydrogens is 256 g/mol. The third kappa shape index (κ3) is 3.87. The van der Waals surface area contributed by atoms with Crippen LogP contribution in [0.5, 0.6) is 0 Å². The van der Waals surface area contributed by atoms with E-state index in [1.54, 1.807) is 4.90 Å². The van der Waals surface area contributed by atoms with Gasteiger partial charge in [0.25, 0.3) is 0 Å². The number of carboxylic acid groups (broad SMARTS) is 1. The minimum absolute atomic E-state index is 0.0272.